The number of rotatable bonds is 3. The van der Waals surface area contributed by atoms with Crippen LogP contribution in [0.2, 0.25) is 0 Å². The van der Waals surface area contributed by atoms with Crippen LogP contribution in [0.4, 0.5) is 5.69 Å². The Kier molecular flexibility index (Phi) is 3.30. The van der Waals surface area contributed by atoms with Crippen molar-refractivity contribution in [1.29, 1.82) is 0 Å². The van der Waals surface area contributed by atoms with Gasteiger partial charge in [0.2, 0.25) is 17.7 Å². The van der Waals surface area contributed by atoms with Crippen LogP contribution in [0.3, 0.4) is 0 Å². The molecule has 1 N–H and O–H groups in total. The molecule has 1 aromatic rings. The van der Waals surface area contributed by atoms with Gasteiger partial charge in [0.25, 0.3) is 0 Å². The number of imide groups is 1. The van der Waals surface area contributed by atoms with E-state index in [4.69, 9.17) is 4.74 Å². The maximum absolute atomic E-state index is 13.3. The van der Waals surface area contributed by atoms with Gasteiger partial charge in [-0.1, -0.05) is 18.2 Å². The van der Waals surface area contributed by atoms with Gasteiger partial charge in [-0.05, 0) is 25.5 Å². The summed E-state index contributed by atoms with van der Waals surface area (Å²) in [6.45, 7) is 1.28. The number of anilines is 1. The van der Waals surface area contributed by atoms with Gasteiger partial charge in [0.15, 0.2) is 0 Å². The molecule has 0 aliphatic carbocycles. The van der Waals surface area contributed by atoms with E-state index in [1.807, 2.05) is 24.3 Å². The van der Waals surface area contributed by atoms with Crippen LogP contribution in [0, 0.1) is 11.8 Å². The van der Waals surface area contributed by atoms with Crippen LogP contribution in [0.5, 0.6) is 0 Å². The van der Waals surface area contributed by atoms with E-state index in [-0.39, 0.29) is 30.3 Å². The van der Waals surface area contributed by atoms with Gasteiger partial charge in [0, 0.05) is 24.4 Å². The Balaban J connectivity index is 1.68. The number of carbonyl (C=O) groups is 3. The van der Waals surface area contributed by atoms with Crippen molar-refractivity contribution >= 4 is 23.4 Å². The van der Waals surface area contributed by atoms with Crippen molar-refractivity contribution in [3.8, 4) is 0 Å². The zero-order valence-corrected chi connectivity index (χ0v) is 14.6. The van der Waals surface area contributed by atoms with Crippen LogP contribution in [-0.2, 0) is 24.7 Å². The van der Waals surface area contributed by atoms with Gasteiger partial charge < -0.3 is 10.1 Å². The summed E-state index contributed by atoms with van der Waals surface area (Å²) in [7, 11) is 1.55. The fourth-order valence-corrected chi connectivity index (χ4v) is 5.62. The third kappa shape index (κ3) is 1.68. The minimum absolute atomic E-state index is 0.0547. The van der Waals surface area contributed by atoms with Crippen molar-refractivity contribution < 1.29 is 19.1 Å². The smallest absolute Gasteiger partial charge is 0.250 e. The second-order valence-electron chi connectivity index (χ2n) is 7.49. The zero-order valence-electron chi connectivity index (χ0n) is 14.6. The van der Waals surface area contributed by atoms with Crippen molar-refractivity contribution in [2.24, 2.45) is 11.8 Å². The molecule has 3 amide bonds. The van der Waals surface area contributed by atoms with E-state index in [1.165, 1.54) is 4.90 Å². The van der Waals surface area contributed by atoms with E-state index in [0.717, 1.165) is 30.6 Å². The van der Waals surface area contributed by atoms with Crippen molar-refractivity contribution in [1.82, 2.24) is 9.80 Å². The molecule has 3 fully saturated rings. The first-order chi connectivity index (χ1) is 12.6. The lowest BCUT2D eigenvalue weighted by atomic mass is 9.75. The quantitative estimate of drug-likeness (QED) is 0.802. The summed E-state index contributed by atoms with van der Waals surface area (Å²) < 4.78 is 5.07. The summed E-state index contributed by atoms with van der Waals surface area (Å²) in [5.74, 6) is -1.66. The number of benzene rings is 1. The SMILES string of the molecule is COCCN1C(=O)[C@H]2[C@@H](C1=O)[C@@]1(C(=O)Nc3ccccc31)N1CCC[C@@H]21. The maximum Gasteiger partial charge on any atom is 0.250 e. The molecule has 7 heteroatoms. The van der Waals surface area contributed by atoms with E-state index in [2.05, 4.69) is 10.2 Å². The van der Waals surface area contributed by atoms with E-state index >= 15 is 0 Å². The number of para-hydroxylation sites is 1. The molecule has 136 valence electrons. The first kappa shape index (κ1) is 16.0. The number of hydrogen-bond acceptors (Lipinski definition) is 5. The first-order valence-corrected chi connectivity index (χ1v) is 9.14. The topological polar surface area (TPSA) is 78.9 Å². The van der Waals surface area contributed by atoms with E-state index in [9.17, 15) is 14.4 Å². The fourth-order valence-electron chi connectivity index (χ4n) is 5.62. The molecule has 0 radical (unpaired) electrons. The third-order valence-electron chi connectivity index (χ3n) is 6.51. The van der Waals surface area contributed by atoms with E-state index in [0.29, 0.717) is 6.61 Å². The Hall–Kier alpha value is -2.25. The molecule has 0 saturated carbocycles. The van der Waals surface area contributed by atoms with Gasteiger partial charge in [-0.2, -0.15) is 0 Å². The molecule has 4 atom stereocenters. The fraction of sp³-hybridized carbons (Fsp3) is 0.526. The summed E-state index contributed by atoms with van der Waals surface area (Å²) in [6.07, 6.45) is 1.78. The molecule has 4 aliphatic rings. The maximum atomic E-state index is 13.3. The second-order valence-corrected chi connectivity index (χ2v) is 7.49. The Labute approximate surface area is 151 Å². The Bertz CT molecular complexity index is 825. The summed E-state index contributed by atoms with van der Waals surface area (Å²) in [6, 6.07) is 7.49. The van der Waals surface area contributed by atoms with E-state index < -0.39 is 17.4 Å². The minimum Gasteiger partial charge on any atom is -0.383 e. The molecule has 7 nitrogen and oxygen atoms in total. The number of fused-ring (bicyclic) bond motifs is 7. The minimum atomic E-state index is -1.06. The predicted molar refractivity (Wildman–Crippen MR) is 92.1 cm³/mol. The van der Waals surface area contributed by atoms with Crippen LogP contribution < -0.4 is 5.32 Å². The standard InChI is InChI=1S/C19H21N3O4/c1-26-10-9-21-16(23)14-13-7-4-8-22(13)19(15(14)17(21)24)11-5-2-3-6-12(11)20-18(19)25/h2-3,5-6,13-15H,4,7-10H2,1H3,(H,20,25)/t13-,14+,15-,19-/m0/s1. The van der Waals surface area contributed by atoms with Crippen LogP contribution in [0.25, 0.3) is 0 Å². The molecule has 4 aliphatic heterocycles. The second kappa shape index (κ2) is 5.37. The van der Waals surface area contributed by atoms with Crippen LogP contribution in [0.1, 0.15) is 18.4 Å². The Morgan fingerprint density at radius 1 is 1.23 bits per heavy atom. The van der Waals surface area contributed by atoms with Crippen molar-refractivity contribution in [2.75, 3.05) is 32.1 Å². The number of nitrogens with zero attached hydrogens (tertiary/aromatic N) is 2. The average molecular weight is 355 g/mol. The Morgan fingerprint density at radius 2 is 2.04 bits per heavy atom. The lowest BCUT2D eigenvalue weighted by molar-refractivity contribution is -0.146. The summed E-state index contributed by atoms with van der Waals surface area (Å²) in [4.78, 5) is 43.1. The lowest BCUT2D eigenvalue weighted by Gasteiger charge is -2.36. The molecule has 5 rings (SSSR count). The molecular formula is C19H21N3O4. The molecule has 4 heterocycles. The summed E-state index contributed by atoms with van der Waals surface area (Å²) >= 11 is 0. The molecule has 26 heavy (non-hydrogen) atoms. The van der Waals surface area contributed by atoms with Crippen LogP contribution in [-0.4, -0.2) is 60.4 Å². The number of methoxy groups -OCH3 is 1. The number of hydrogen-bond donors (Lipinski definition) is 1. The largest absolute Gasteiger partial charge is 0.383 e. The highest BCUT2D eigenvalue weighted by Crippen LogP contribution is 2.60. The van der Waals surface area contributed by atoms with Gasteiger partial charge in [0.1, 0.15) is 5.54 Å². The lowest BCUT2D eigenvalue weighted by Crippen LogP contribution is -2.54. The number of amides is 3. The number of nitrogens with one attached hydrogen (secondary N) is 1. The molecule has 0 bridgehead atoms. The van der Waals surface area contributed by atoms with Gasteiger partial charge in [0.05, 0.1) is 25.0 Å². The van der Waals surface area contributed by atoms with Crippen molar-refractivity contribution in [3.05, 3.63) is 29.8 Å². The number of ether oxygens (including phenoxy) is 1. The van der Waals surface area contributed by atoms with Gasteiger partial charge in [-0.3, -0.25) is 24.2 Å². The number of carbonyl (C=O) groups excluding carboxylic acids is 3. The zero-order chi connectivity index (χ0) is 18.1. The highest BCUT2D eigenvalue weighted by atomic mass is 16.5. The van der Waals surface area contributed by atoms with Gasteiger partial charge >= 0.3 is 0 Å². The summed E-state index contributed by atoms with van der Waals surface area (Å²) in [5, 5.41) is 2.96. The third-order valence-corrected chi connectivity index (χ3v) is 6.51. The molecule has 1 spiro atoms. The molecular weight excluding hydrogens is 334 g/mol. The van der Waals surface area contributed by atoms with Gasteiger partial charge in [-0.25, -0.2) is 0 Å². The molecule has 3 saturated heterocycles. The normalized spacial score (nSPS) is 35.2. The first-order valence-electron chi connectivity index (χ1n) is 9.14. The van der Waals surface area contributed by atoms with Gasteiger partial charge in [-0.15, -0.1) is 0 Å². The van der Waals surface area contributed by atoms with E-state index in [1.54, 1.807) is 7.11 Å². The highest BCUT2D eigenvalue weighted by molar-refractivity contribution is 6.15. The predicted octanol–water partition coefficient (Wildman–Crippen LogP) is 0.560. The van der Waals surface area contributed by atoms with Crippen LogP contribution in [0.15, 0.2) is 24.3 Å². The Morgan fingerprint density at radius 3 is 2.85 bits per heavy atom. The average Bonchev–Trinajstić information content (AvgIpc) is 3.33. The molecule has 1 aromatic carbocycles. The number of likely N-dealkylation sites (tertiary alicyclic amines) is 1. The summed E-state index contributed by atoms with van der Waals surface area (Å²) in [5.41, 5.74) is 0.523. The van der Waals surface area contributed by atoms with Crippen molar-refractivity contribution in [3.63, 3.8) is 0 Å². The van der Waals surface area contributed by atoms with Crippen molar-refractivity contribution in [2.45, 2.75) is 24.4 Å². The monoisotopic (exact) mass is 355 g/mol. The molecule has 0 unspecified atom stereocenters. The highest BCUT2D eigenvalue weighted by Gasteiger charge is 2.74. The van der Waals surface area contributed by atoms with Crippen LogP contribution >= 0.6 is 0 Å². The molecule has 0 aromatic heterocycles.